The van der Waals surface area contributed by atoms with Gasteiger partial charge in [-0.15, -0.1) is 6.58 Å². The highest BCUT2D eigenvalue weighted by Gasteiger charge is 2.13. The third kappa shape index (κ3) is 10.1. The average molecular weight is 248 g/mol. The third-order valence-corrected chi connectivity index (χ3v) is 2.93. The zero-order chi connectivity index (χ0) is 14.0. The molecule has 0 saturated carbocycles. The summed E-state index contributed by atoms with van der Waals surface area (Å²) in [5.41, 5.74) is 1.77. The Bertz CT molecular complexity index is 319. The lowest BCUT2D eigenvalue weighted by Gasteiger charge is -2.16. The summed E-state index contributed by atoms with van der Waals surface area (Å²) in [7, 11) is 0. The van der Waals surface area contributed by atoms with Crippen LogP contribution in [0.5, 0.6) is 0 Å². The van der Waals surface area contributed by atoms with E-state index in [2.05, 4.69) is 38.3 Å². The molecule has 1 atom stereocenters. The molecule has 1 N–H and O–H groups in total. The van der Waals surface area contributed by atoms with E-state index in [1.165, 1.54) is 12.0 Å². The van der Waals surface area contributed by atoms with Crippen molar-refractivity contribution in [3.8, 4) is 0 Å². The predicted molar refractivity (Wildman–Crippen MR) is 81.6 cm³/mol. The van der Waals surface area contributed by atoms with Crippen LogP contribution in [-0.4, -0.2) is 10.7 Å². The molecule has 0 amide bonds. The van der Waals surface area contributed by atoms with Crippen LogP contribution in [0.15, 0.2) is 48.6 Å². The Labute approximate surface area is 113 Å². The van der Waals surface area contributed by atoms with Crippen LogP contribution in [0.3, 0.4) is 0 Å². The molecule has 1 nitrogen and oxygen atoms in total. The molecule has 1 heteroatoms. The first-order valence-corrected chi connectivity index (χ1v) is 6.71. The standard InChI is InChI=1S/C17H28O/c1-6-17(5,18)14-10-13-16(4)12-9-7-8-11-15(2)3/h6,8,11,13,18H,1-2,7,9-10,12,14H2,3-5H3/b11-8+,16-13+. The molecule has 0 aromatic heterocycles. The lowest BCUT2D eigenvalue weighted by molar-refractivity contribution is 0.103. The first kappa shape index (κ1) is 16.9. The number of unbranched alkanes of at least 4 members (excludes halogenated alkanes) is 1. The summed E-state index contributed by atoms with van der Waals surface area (Å²) in [5, 5.41) is 9.77. The molecule has 0 heterocycles. The van der Waals surface area contributed by atoms with Crippen LogP contribution >= 0.6 is 0 Å². The smallest absolute Gasteiger partial charge is 0.0800 e. The molecule has 1 unspecified atom stereocenters. The van der Waals surface area contributed by atoms with Crippen molar-refractivity contribution >= 4 is 0 Å². The summed E-state index contributed by atoms with van der Waals surface area (Å²) < 4.78 is 0. The Morgan fingerprint density at radius 2 is 1.94 bits per heavy atom. The minimum atomic E-state index is -0.735. The van der Waals surface area contributed by atoms with Crippen LogP contribution in [-0.2, 0) is 0 Å². The molecular weight excluding hydrogens is 220 g/mol. The lowest BCUT2D eigenvalue weighted by Crippen LogP contribution is -2.19. The molecule has 0 rings (SSSR count). The summed E-state index contributed by atoms with van der Waals surface area (Å²) in [5.74, 6) is 0. The van der Waals surface area contributed by atoms with E-state index < -0.39 is 5.60 Å². The summed E-state index contributed by atoms with van der Waals surface area (Å²) in [6.07, 6.45) is 13.1. The minimum Gasteiger partial charge on any atom is -0.386 e. The van der Waals surface area contributed by atoms with Gasteiger partial charge in [0.05, 0.1) is 5.60 Å². The second-order valence-electron chi connectivity index (χ2n) is 5.29. The number of aliphatic hydroxyl groups is 1. The highest BCUT2D eigenvalue weighted by atomic mass is 16.3. The topological polar surface area (TPSA) is 20.2 Å². The number of hydrogen-bond acceptors (Lipinski definition) is 1. The normalized spacial score (nSPS) is 15.7. The zero-order valence-electron chi connectivity index (χ0n) is 12.2. The van der Waals surface area contributed by atoms with Crippen molar-refractivity contribution in [3.63, 3.8) is 0 Å². The quantitative estimate of drug-likeness (QED) is 0.347. The van der Waals surface area contributed by atoms with Crippen LogP contribution in [0.4, 0.5) is 0 Å². The van der Waals surface area contributed by atoms with E-state index in [1.807, 2.05) is 6.92 Å². The van der Waals surface area contributed by atoms with Crippen molar-refractivity contribution in [1.82, 2.24) is 0 Å². The maximum Gasteiger partial charge on any atom is 0.0800 e. The second kappa shape index (κ2) is 8.93. The molecule has 0 aliphatic rings. The molecule has 0 spiro atoms. The fourth-order valence-electron chi connectivity index (χ4n) is 1.60. The Morgan fingerprint density at radius 1 is 1.28 bits per heavy atom. The SMILES string of the molecule is C=CC(C)(O)CC/C=C(\C)CCC/C=C/C(=C)C. The van der Waals surface area contributed by atoms with E-state index in [0.717, 1.165) is 31.3 Å². The molecule has 0 aromatic carbocycles. The Balaban J connectivity index is 3.79. The maximum absolute atomic E-state index is 9.77. The summed E-state index contributed by atoms with van der Waals surface area (Å²) in [6.45, 7) is 13.4. The fraction of sp³-hybridized carbons (Fsp3) is 0.529. The van der Waals surface area contributed by atoms with Gasteiger partial charge in [-0.1, -0.05) is 42.0 Å². The van der Waals surface area contributed by atoms with E-state index >= 15 is 0 Å². The fourth-order valence-corrected chi connectivity index (χ4v) is 1.60. The first-order valence-electron chi connectivity index (χ1n) is 6.71. The van der Waals surface area contributed by atoms with E-state index in [0.29, 0.717) is 0 Å². The van der Waals surface area contributed by atoms with Gasteiger partial charge in [0.25, 0.3) is 0 Å². The van der Waals surface area contributed by atoms with Gasteiger partial charge < -0.3 is 5.11 Å². The summed E-state index contributed by atoms with van der Waals surface area (Å²) in [6, 6.07) is 0. The van der Waals surface area contributed by atoms with E-state index in [9.17, 15) is 5.11 Å². The van der Waals surface area contributed by atoms with Gasteiger partial charge in [0, 0.05) is 0 Å². The van der Waals surface area contributed by atoms with Crippen LogP contribution in [0, 0.1) is 0 Å². The van der Waals surface area contributed by atoms with Gasteiger partial charge in [0.15, 0.2) is 0 Å². The molecule has 0 fully saturated rings. The Kier molecular flexibility index (Phi) is 8.40. The third-order valence-electron chi connectivity index (χ3n) is 2.93. The number of allylic oxidation sites excluding steroid dienone is 5. The molecule has 102 valence electrons. The van der Waals surface area contributed by atoms with Crippen molar-refractivity contribution in [2.24, 2.45) is 0 Å². The second-order valence-corrected chi connectivity index (χ2v) is 5.29. The maximum atomic E-state index is 9.77. The highest BCUT2D eigenvalue weighted by Crippen LogP contribution is 2.15. The zero-order valence-corrected chi connectivity index (χ0v) is 12.2. The molecule has 0 aliphatic heterocycles. The van der Waals surface area contributed by atoms with Crippen molar-refractivity contribution in [1.29, 1.82) is 0 Å². The molecule has 0 radical (unpaired) electrons. The van der Waals surface area contributed by atoms with Gasteiger partial charge in [-0.2, -0.15) is 0 Å². The predicted octanol–water partition coefficient (Wildman–Crippen LogP) is 4.95. The van der Waals surface area contributed by atoms with E-state index in [1.54, 1.807) is 13.0 Å². The first-order chi connectivity index (χ1) is 8.37. The van der Waals surface area contributed by atoms with Crippen LogP contribution in [0.1, 0.15) is 52.9 Å². The van der Waals surface area contributed by atoms with E-state index in [4.69, 9.17) is 0 Å². The molecule has 0 bridgehead atoms. The van der Waals surface area contributed by atoms with Crippen LogP contribution < -0.4 is 0 Å². The van der Waals surface area contributed by atoms with Gasteiger partial charge in [-0.05, 0) is 52.9 Å². The number of rotatable bonds is 9. The van der Waals surface area contributed by atoms with Crippen molar-refractivity contribution in [2.75, 3.05) is 0 Å². The summed E-state index contributed by atoms with van der Waals surface area (Å²) >= 11 is 0. The van der Waals surface area contributed by atoms with Gasteiger partial charge in [-0.3, -0.25) is 0 Å². The Morgan fingerprint density at radius 3 is 2.50 bits per heavy atom. The van der Waals surface area contributed by atoms with E-state index in [-0.39, 0.29) is 0 Å². The largest absolute Gasteiger partial charge is 0.386 e. The molecular formula is C17H28O. The van der Waals surface area contributed by atoms with Gasteiger partial charge >= 0.3 is 0 Å². The Hall–Kier alpha value is -1.08. The number of hydrogen-bond donors (Lipinski definition) is 1. The monoisotopic (exact) mass is 248 g/mol. The van der Waals surface area contributed by atoms with Gasteiger partial charge in [0.2, 0.25) is 0 Å². The molecule has 18 heavy (non-hydrogen) atoms. The van der Waals surface area contributed by atoms with Crippen LogP contribution in [0.25, 0.3) is 0 Å². The van der Waals surface area contributed by atoms with Crippen LogP contribution in [0.2, 0.25) is 0 Å². The summed E-state index contributed by atoms with van der Waals surface area (Å²) in [4.78, 5) is 0. The van der Waals surface area contributed by atoms with Crippen molar-refractivity contribution in [3.05, 3.63) is 48.6 Å². The van der Waals surface area contributed by atoms with Crippen molar-refractivity contribution in [2.45, 2.75) is 58.5 Å². The minimum absolute atomic E-state index is 0.735. The molecule has 0 aromatic rings. The average Bonchev–Trinajstić information content (AvgIpc) is 2.28. The highest BCUT2D eigenvalue weighted by molar-refractivity contribution is 5.10. The molecule has 0 aliphatic carbocycles. The van der Waals surface area contributed by atoms with Crippen molar-refractivity contribution < 1.29 is 5.11 Å². The van der Waals surface area contributed by atoms with Gasteiger partial charge in [0.1, 0.15) is 0 Å². The lowest BCUT2D eigenvalue weighted by atomic mass is 9.99. The van der Waals surface area contributed by atoms with Gasteiger partial charge in [-0.25, -0.2) is 0 Å². The molecule has 0 saturated heterocycles.